The van der Waals surface area contributed by atoms with Crippen molar-refractivity contribution in [1.29, 1.82) is 0 Å². The number of hydrogen-bond acceptors (Lipinski definition) is 4. The van der Waals surface area contributed by atoms with E-state index in [1.165, 1.54) is 28.6 Å². The van der Waals surface area contributed by atoms with E-state index >= 15 is 0 Å². The SMILES string of the molecule is CCN(CC)S(=O)(=O)c1ccc(C(=O)OCc2ccc(C)cc2)cc1. The average molecular weight is 361 g/mol. The minimum atomic E-state index is -3.52. The Kier molecular flexibility index (Phi) is 6.33. The number of rotatable bonds is 7. The minimum absolute atomic E-state index is 0.172. The number of ether oxygens (including phenoxy) is 1. The van der Waals surface area contributed by atoms with E-state index in [0.29, 0.717) is 18.7 Å². The molecule has 0 heterocycles. The van der Waals surface area contributed by atoms with Gasteiger partial charge in [-0.3, -0.25) is 0 Å². The number of hydrogen-bond donors (Lipinski definition) is 0. The zero-order valence-corrected chi connectivity index (χ0v) is 15.5. The van der Waals surface area contributed by atoms with E-state index in [9.17, 15) is 13.2 Å². The fourth-order valence-electron chi connectivity index (χ4n) is 2.39. The first kappa shape index (κ1) is 19.1. The second kappa shape index (κ2) is 8.27. The molecule has 0 spiro atoms. The number of sulfonamides is 1. The Morgan fingerprint density at radius 1 is 0.960 bits per heavy atom. The summed E-state index contributed by atoms with van der Waals surface area (Å²) in [6.45, 7) is 6.55. The lowest BCUT2D eigenvalue weighted by molar-refractivity contribution is 0.0472. The van der Waals surface area contributed by atoms with Crippen LogP contribution in [0.4, 0.5) is 0 Å². The highest BCUT2D eigenvalue weighted by atomic mass is 32.2. The lowest BCUT2D eigenvalue weighted by atomic mass is 10.2. The molecule has 2 aromatic carbocycles. The van der Waals surface area contributed by atoms with Gasteiger partial charge in [-0.15, -0.1) is 0 Å². The van der Waals surface area contributed by atoms with Crippen LogP contribution in [0.2, 0.25) is 0 Å². The maximum atomic E-state index is 12.4. The molecule has 0 aliphatic rings. The van der Waals surface area contributed by atoms with Gasteiger partial charge in [-0.05, 0) is 36.8 Å². The highest BCUT2D eigenvalue weighted by Crippen LogP contribution is 2.17. The Morgan fingerprint density at radius 3 is 2.04 bits per heavy atom. The fraction of sp³-hybridized carbons (Fsp3) is 0.316. The van der Waals surface area contributed by atoms with Crippen LogP contribution in [0.1, 0.15) is 35.3 Å². The predicted octanol–water partition coefficient (Wildman–Crippen LogP) is 3.38. The molecule has 134 valence electrons. The van der Waals surface area contributed by atoms with Gasteiger partial charge >= 0.3 is 5.97 Å². The smallest absolute Gasteiger partial charge is 0.338 e. The molecule has 0 saturated carbocycles. The van der Waals surface area contributed by atoms with Gasteiger partial charge in [0.25, 0.3) is 0 Å². The van der Waals surface area contributed by atoms with Gasteiger partial charge in [0.1, 0.15) is 6.61 Å². The molecule has 0 saturated heterocycles. The largest absolute Gasteiger partial charge is 0.457 e. The van der Waals surface area contributed by atoms with E-state index in [1.54, 1.807) is 13.8 Å². The molecule has 0 N–H and O–H groups in total. The Balaban J connectivity index is 2.06. The molecule has 5 nitrogen and oxygen atoms in total. The Hall–Kier alpha value is -2.18. The standard InChI is InChI=1S/C19H23NO4S/c1-4-20(5-2)25(22,23)18-12-10-17(11-13-18)19(21)24-14-16-8-6-15(3)7-9-16/h6-13H,4-5,14H2,1-3H3. The molecule has 0 amide bonds. The lowest BCUT2D eigenvalue weighted by Crippen LogP contribution is -2.30. The summed E-state index contributed by atoms with van der Waals surface area (Å²) in [4.78, 5) is 12.3. The van der Waals surface area contributed by atoms with Crippen LogP contribution in [-0.4, -0.2) is 31.8 Å². The summed E-state index contributed by atoms with van der Waals surface area (Å²) >= 11 is 0. The third-order valence-electron chi connectivity index (χ3n) is 3.92. The summed E-state index contributed by atoms with van der Waals surface area (Å²) in [5.41, 5.74) is 2.37. The van der Waals surface area contributed by atoms with Crippen molar-refractivity contribution < 1.29 is 17.9 Å². The summed E-state index contributed by atoms with van der Waals surface area (Å²) in [5.74, 6) is -0.479. The van der Waals surface area contributed by atoms with Gasteiger partial charge in [0, 0.05) is 13.1 Å². The van der Waals surface area contributed by atoms with Gasteiger partial charge in [0.05, 0.1) is 10.5 Å². The molecule has 0 atom stereocenters. The molecule has 0 fully saturated rings. The first-order valence-corrected chi connectivity index (χ1v) is 9.65. The molecular formula is C19H23NO4S. The number of esters is 1. The van der Waals surface area contributed by atoms with Crippen molar-refractivity contribution in [1.82, 2.24) is 4.31 Å². The Morgan fingerprint density at radius 2 is 1.52 bits per heavy atom. The number of carbonyl (C=O) groups excluding carboxylic acids is 1. The van der Waals surface area contributed by atoms with Crippen LogP contribution in [0.5, 0.6) is 0 Å². The molecule has 0 radical (unpaired) electrons. The van der Waals surface area contributed by atoms with Crippen molar-refractivity contribution in [3.05, 3.63) is 65.2 Å². The number of carbonyl (C=O) groups is 1. The number of nitrogens with zero attached hydrogens (tertiary/aromatic N) is 1. The quantitative estimate of drug-likeness (QED) is 0.709. The van der Waals surface area contributed by atoms with Crippen LogP contribution in [0.3, 0.4) is 0 Å². The van der Waals surface area contributed by atoms with E-state index in [4.69, 9.17) is 4.74 Å². The van der Waals surface area contributed by atoms with Gasteiger partial charge in [-0.2, -0.15) is 4.31 Å². The van der Waals surface area contributed by atoms with Crippen LogP contribution in [-0.2, 0) is 21.4 Å². The fourth-order valence-corrected chi connectivity index (χ4v) is 3.85. The molecule has 0 unspecified atom stereocenters. The van der Waals surface area contributed by atoms with Gasteiger partial charge in [0.2, 0.25) is 10.0 Å². The third-order valence-corrected chi connectivity index (χ3v) is 5.99. The van der Waals surface area contributed by atoms with Crippen molar-refractivity contribution in [3.63, 3.8) is 0 Å². The van der Waals surface area contributed by atoms with Gasteiger partial charge in [0.15, 0.2) is 0 Å². The van der Waals surface area contributed by atoms with Crippen molar-refractivity contribution >= 4 is 16.0 Å². The van der Waals surface area contributed by atoms with Crippen LogP contribution >= 0.6 is 0 Å². The Labute approximate surface area is 149 Å². The van der Waals surface area contributed by atoms with Crippen molar-refractivity contribution in [3.8, 4) is 0 Å². The number of aryl methyl sites for hydroxylation is 1. The van der Waals surface area contributed by atoms with Crippen LogP contribution in [0, 0.1) is 6.92 Å². The molecular weight excluding hydrogens is 338 g/mol. The highest BCUT2D eigenvalue weighted by molar-refractivity contribution is 7.89. The van der Waals surface area contributed by atoms with E-state index < -0.39 is 16.0 Å². The van der Waals surface area contributed by atoms with Gasteiger partial charge < -0.3 is 4.74 Å². The predicted molar refractivity (Wildman–Crippen MR) is 96.8 cm³/mol. The molecule has 25 heavy (non-hydrogen) atoms. The van der Waals surface area contributed by atoms with E-state index in [1.807, 2.05) is 31.2 Å². The third kappa shape index (κ3) is 4.67. The second-order valence-electron chi connectivity index (χ2n) is 5.68. The van der Waals surface area contributed by atoms with Gasteiger partial charge in [-0.1, -0.05) is 43.7 Å². The summed E-state index contributed by atoms with van der Waals surface area (Å²) < 4.78 is 31.5. The molecule has 0 aromatic heterocycles. The first-order chi connectivity index (χ1) is 11.9. The maximum absolute atomic E-state index is 12.4. The van der Waals surface area contributed by atoms with E-state index in [-0.39, 0.29) is 11.5 Å². The molecule has 0 aliphatic heterocycles. The zero-order chi connectivity index (χ0) is 18.4. The number of benzene rings is 2. The van der Waals surface area contributed by atoms with Gasteiger partial charge in [-0.25, -0.2) is 13.2 Å². The molecule has 0 aliphatic carbocycles. The first-order valence-electron chi connectivity index (χ1n) is 8.21. The Bertz CT molecular complexity index is 808. The molecule has 6 heteroatoms. The minimum Gasteiger partial charge on any atom is -0.457 e. The highest BCUT2D eigenvalue weighted by Gasteiger charge is 2.21. The van der Waals surface area contributed by atoms with Crippen LogP contribution in [0.25, 0.3) is 0 Å². The molecule has 2 rings (SSSR count). The van der Waals surface area contributed by atoms with Crippen LogP contribution < -0.4 is 0 Å². The summed E-state index contributed by atoms with van der Waals surface area (Å²) in [6, 6.07) is 13.6. The topological polar surface area (TPSA) is 63.7 Å². The molecule has 2 aromatic rings. The zero-order valence-electron chi connectivity index (χ0n) is 14.7. The van der Waals surface area contributed by atoms with E-state index in [0.717, 1.165) is 11.1 Å². The van der Waals surface area contributed by atoms with E-state index in [2.05, 4.69) is 0 Å². The second-order valence-corrected chi connectivity index (χ2v) is 7.61. The maximum Gasteiger partial charge on any atom is 0.338 e. The van der Waals surface area contributed by atoms with Crippen molar-refractivity contribution in [2.24, 2.45) is 0 Å². The van der Waals surface area contributed by atoms with Crippen molar-refractivity contribution in [2.75, 3.05) is 13.1 Å². The lowest BCUT2D eigenvalue weighted by Gasteiger charge is -2.18. The summed E-state index contributed by atoms with van der Waals surface area (Å²) in [7, 11) is -3.52. The van der Waals surface area contributed by atoms with Crippen molar-refractivity contribution in [2.45, 2.75) is 32.3 Å². The summed E-state index contributed by atoms with van der Waals surface area (Å²) in [6.07, 6.45) is 0. The monoisotopic (exact) mass is 361 g/mol. The summed E-state index contributed by atoms with van der Waals surface area (Å²) in [5, 5.41) is 0. The molecule has 0 bridgehead atoms. The average Bonchev–Trinajstić information content (AvgIpc) is 2.62. The normalized spacial score (nSPS) is 11.5. The van der Waals surface area contributed by atoms with Crippen LogP contribution in [0.15, 0.2) is 53.4 Å².